The maximum atomic E-state index is 12.2. The average Bonchev–Trinajstić information content (AvgIpc) is 2.20. The van der Waals surface area contributed by atoms with Gasteiger partial charge in [-0.2, -0.15) is 0 Å². The SMILES string of the molecule is N[C@H](CF)c1cc(O)c(O)c([N+](=O)[O-])c1. The molecule has 7 heteroatoms. The molecule has 0 fully saturated rings. The first-order chi connectivity index (χ1) is 6.97. The minimum absolute atomic E-state index is 0.0551. The zero-order valence-corrected chi connectivity index (χ0v) is 7.55. The summed E-state index contributed by atoms with van der Waals surface area (Å²) >= 11 is 0. The minimum atomic E-state index is -1.06. The van der Waals surface area contributed by atoms with Crippen molar-refractivity contribution in [1.29, 1.82) is 0 Å². The zero-order valence-electron chi connectivity index (χ0n) is 7.55. The van der Waals surface area contributed by atoms with E-state index in [4.69, 9.17) is 15.9 Å². The highest BCUT2D eigenvalue weighted by Crippen LogP contribution is 2.37. The molecule has 0 saturated carbocycles. The number of nitrogens with zero attached hydrogens (tertiary/aromatic N) is 1. The number of phenolic OH excluding ortho intramolecular Hbond substituents is 2. The lowest BCUT2D eigenvalue weighted by Gasteiger charge is -2.08. The maximum absolute atomic E-state index is 12.2. The Bertz CT molecular complexity index is 396. The van der Waals surface area contributed by atoms with Crippen molar-refractivity contribution in [2.24, 2.45) is 5.73 Å². The summed E-state index contributed by atoms with van der Waals surface area (Å²) in [6.07, 6.45) is 0. The van der Waals surface area contributed by atoms with Crippen LogP contribution in [0.15, 0.2) is 12.1 Å². The van der Waals surface area contributed by atoms with Crippen LogP contribution >= 0.6 is 0 Å². The number of nitro groups is 1. The normalized spacial score (nSPS) is 12.4. The van der Waals surface area contributed by atoms with E-state index in [2.05, 4.69) is 0 Å². The zero-order chi connectivity index (χ0) is 11.6. The molecule has 0 bridgehead atoms. The lowest BCUT2D eigenvalue weighted by Crippen LogP contribution is -2.12. The van der Waals surface area contributed by atoms with Crippen molar-refractivity contribution in [3.63, 3.8) is 0 Å². The van der Waals surface area contributed by atoms with Crippen LogP contribution in [0.1, 0.15) is 11.6 Å². The lowest BCUT2D eigenvalue weighted by molar-refractivity contribution is -0.386. The van der Waals surface area contributed by atoms with Crippen molar-refractivity contribution < 1.29 is 19.5 Å². The number of hydrogen-bond acceptors (Lipinski definition) is 5. The summed E-state index contributed by atoms with van der Waals surface area (Å²) in [5, 5.41) is 28.7. The molecule has 0 aliphatic carbocycles. The molecule has 15 heavy (non-hydrogen) atoms. The predicted octanol–water partition coefficient (Wildman–Crippen LogP) is 0.975. The van der Waals surface area contributed by atoms with Gasteiger partial charge < -0.3 is 15.9 Å². The highest BCUT2D eigenvalue weighted by Gasteiger charge is 2.20. The molecular formula is C8H9FN2O4. The number of rotatable bonds is 3. The van der Waals surface area contributed by atoms with Gasteiger partial charge in [-0.15, -0.1) is 0 Å². The fourth-order valence-corrected chi connectivity index (χ4v) is 1.07. The summed E-state index contributed by atoms with van der Waals surface area (Å²) in [6, 6.07) is 0.862. The Kier molecular flexibility index (Phi) is 3.05. The molecule has 0 heterocycles. The number of nitrogens with two attached hydrogens (primary N) is 1. The molecule has 0 aliphatic rings. The average molecular weight is 216 g/mol. The number of phenols is 2. The van der Waals surface area contributed by atoms with Crippen LogP contribution in [0.2, 0.25) is 0 Å². The third-order valence-corrected chi connectivity index (χ3v) is 1.88. The van der Waals surface area contributed by atoms with Crippen molar-refractivity contribution in [2.45, 2.75) is 6.04 Å². The van der Waals surface area contributed by atoms with Crippen molar-refractivity contribution in [3.05, 3.63) is 27.8 Å². The Hall–Kier alpha value is -1.89. The van der Waals surface area contributed by atoms with Gasteiger partial charge in [-0.05, 0) is 11.6 Å². The van der Waals surface area contributed by atoms with Crippen LogP contribution in [0.3, 0.4) is 0 Å². The van der Waals surface area contributed by atoms with Crippen molar-refractivity contribution >= 4 is 5.69 Å². The van der Waals surface area contributed by atoms with Gasteiger partial charge in [-0.1, -0.05) is 0 Å². The molecule has 0 amide bonds. The first kappa shape index (κ1) is 11.2. The van der Waals surface area contributed by atoms with Crippen LogP contribution in [0.5, 0.6) is 11.5 Å². The highest BCUT2D eigenvalue weighted by atomic mass is 19.1. The second-order valence-corrected chi connectivity index (χ2v) is 2.93. The molecule has 1 atom stereocenters. The fourth-order valence-electron chi connectivity index (χ4n) is 1.07. The van der Waals surface area contributed by atoms with Crippen molar-refractivity contribution in [2.75, 3.05) is 6.67 Å². The number of aromatic hydroxyl groups is 2. The van der Waals surface area contributed by atoms with E-state index in [-0.39, 0.29) is 5.56 Å². The second kappa shape index (κ2) is 4.09. The number of hydrogen-bond donors (Lipinski definition) is 3. The van der Waals surface area contributed by atoms with Gasteiger partial charge in [0.25, 0.3) is 0 Å². The smallest absolute Gasteiger partial charge is 0.314 e. The van der Waals surface area contributed by atoms with Gasteiger partial charge in [-0.3, -0.25) is 10.1 Å². The van der Waals surface area contributed by atoms with Gasteiger partial charge in [0.05, 0.1) is 11.0 Å². The standard InChI is InChI=1S/C8H9FN2O4/c9-3-5(10)4-1-6(11(14)15)8(13)7(12)2-4/h1-2,5,12-13H,3,10H2/t5-/m1/s1. The molecular weight excluding hydrogens is 207 g/mol. The molecule has 0 radical (unpaired) electrons. The summed E-state index contributed by atoms with van der Waals surface area (Å²) in [4.78, 5) is 9.55. The van der Waals surface area contributed by atoms with E-state index in [1.165, 1.54) is 0 Å². The predicted molar refractivity (Wildman–Crippen MR) is 49.3 cm³/mol. The van der Waals surface area contributed by atoms with Gasteiger partial charge in [0, 0.05) is 6.07 Å². The molecule has 1 aromatic carbocycles. The van der Waals surface area contributed by atoms with E-state index >= 15 is 0 Å². The Labute approximate surface area is 83.9 Å². The molecule has 1 rings (SSSR count). The first-order valence-corrected chi connectivity index (χ1v) is 3.99. The van der Waals surface area contributed by atoms with E-state index in [1.807, 2.05) is 0 Å². The maximum Gasteiger partial charge on any atom is 0.314 e. The van der Waals surface area contributed by atoms with Gasteiger partial charge in [0.15, 0.2) is 5.75 Å². The van der Waals surface area contributed by atoms with E-state index in [0.29, 0.717) is 0 Å². The molecule has 0 aromatic heterocycles. The molecule has 0 spiro atoms. The number of halogens is 1. The first-order valence-electron chi connectivity index (χ1n) is 3.99. The highest BCUT2D eigenvalue weighted by molar-refractivity contribution is 5.56. The number of nitro benzene ring substituents is 1. The number of alkyl halides is 1. The molecule has 0 unspecified atom stereocenters. The third kappa shape index (κ3) is 2.13. The Balaban J connectivity index is 3.29. The van der Waals surface area contributed by atoms with Gasteiger partial charge in [0.1, 0.15) is 6.67 Å². The Morgan fingerprint density at radius 2 is 2.13 bits per heavy atom. The lowest BCUT2D eigenvalue weighted by atomic mass is 10.1. The Morgan fingerprint density at radius 1 is 1.53 bits per heavy atom. The van der Waals surface area contributed by atoms with E-state index in [1.54, 1.807) is 0 Å². The summed E-state index contributed by atoms with van der Waals surface area (Å²) in [7, 11) is 0. The van der Waals surface area contributed by atoms with Crippen LogP contribution < -0.4 is 5.73 Å². The largest absolute Gasteiger partial charge is 0.504 e. The van der Waals surface area contributed by atoms with Crippen LogP contribution in [0, 0.1) is 10.1 Å². The van der Waals surface area contributed by atoms with Crippen LogP contribution in [-0.4, -0.2) is 21.8 Å². The molecule has 4 N–H and O–H groups in total. The van der Waals surface area contributed by atoms with Crippen molar-refractivity contribution in [3.8, 4) is 11.5 Å². The van der Waals surface area contributed by atoms with E-state index in [9.17, 15) is 14.5 Å². The van der Waals surface area contributed by atoms with Gasteiger partial charge in [0.2, 0.25) is 5.75 Å². The summed E-state index contributed by atoms with van der Waals surface area (Å²) in [5.74, 6) is -1.54. The van der Waals surface area contributed by atoms with Crippen LogP contribution in [0.25, 0.3) is 0 Å². The summed E-state index contributed by atoms with van der Waals surface area (Å²) in [6.45, 7) is -0.915. The topological polar surface area (TPSA) is 110 Å². The monoisotopic (exact) mass is 216 g/mol. The molecule has 0 saturated heterocycles. The van der Waals surface area contributed by atoms with Crippen LogP contribution in [0.4, 0.5) is 10.1 Å². The third-order valence-electron chi connectivity index (χ3n) is 1.88. The minimum Gasteiger partial charge on any atom is -0.504 e. The molecule has 82 valence electrons. The molecule has 6 nitrogen and oxygen atoms in total. The van der Waals surface area contributed by atoms with Crippen LogP contribution in [-0.2, 0) is 0 Å². The van der Waals surface area contributed by atoms with Gasteiger partial charge in [-0.25, -0.2) is 4.39 Å². The van der Waals surface area contributed by atoms with Gasteiger partial charge >= 0.3 is 5.69 Å². The number of benzene rings is 1. The quantitative estimate of drug-likeness (QED) is 0.396. The van der Waals surface area contributed by atoms with Crippen molar-refractivity contribution in [1.82, 2.24) is 0 Å². The summed E-state index contributed by atoms with van der Waals surface area (Å²) in [5.41, 5.74) is 4.65. The molecule has 0 aliphatic heterocycles. The fraction of sp³-hybridized carbons (Fsp3) is 0.250. The Morgan fingerprint density at radius 3 is 2.60 bits per heavy atom. The van der Waals surface area contributed by atoms with E-state index < -0.39 is 34.8 Å². The summed E-state index contributed by atoms with van der Waals surface area (Å²) < 4.78 is 12.2. The molecule has 1 aromatic rings. The van der Waals surface area contributed by atoms with E-state index in [0.717, 1.165) is 12.1 Å². The second-order valence-electron chi connectivity index (χ2n) is 2.93.